The number of carboxylic acid groups (broad SMARTS) is 1. The summed E-state index contributed by atoms with van der Waals surface area (Å²) in [5.41, 5.74) is 0. The van der Waals surface area contributed by atoms with Gasteiger partial charge in [0.05, 0.1) is 18.5 Å². The summed E-state index contributed by atoms with van der Waals surface area (Å²) in [7, 11) is 0. The topological polar surface area (TPSA) is 81.1 Å². The Bertz CT molecular complexity index is 466. The third-order valence-electron chi connectivity index (χ3n) is 1.82. The van der Waals surface area contributed by atoms with Crippen LogP contribution in [0.1, 0.15) is 5.76 Å². The fraction of sp³-hybridized carbons (Fsp3) is 0.222. The Kier molecular flexibility index (Phi) is 3.25. The Labute approximate surface area is 95.3 Å². The normalized spacial score (nSPS) is 10.5. The van der Waals surface area contributed by atoms with Gasteiger partial charge in [0.2, 0.25) is 0 Å². The number of aliphatic carboxylic acids is 1. The third kappa shape index (κ3) is 2.63. The minimum Gasteiger partial charge on any atom is -0.481 e. The number of hydrogen-bond acceptors (Lipinski definition) is 5. The van der Waals surface area contributed by atoms with Crippen molar-refractivity contribution in [2.45, 2.75) is 11.7 Å². The first-order valence-electron chi connectivity index (χ1n) is 4.51. The Balaban J connectivity index is 2.04. The molecule has 0 bridgehead atoms. The van der Waals surface area contributed by atoms with Gasteiger partial charge in [-0.3, -0.25) is 4.79 Å². The van der Waals surface area contributed by atoms with Gasteiger partial charge in [-0.2, -0.15) is 0 Å². The van der Waals surface area contributed by atoms with Gasteiger partial charge in [0.1, 0.15) is 0 Å². The van der Waals surface area contributed by atoms with Crippen LogP contribution in [0.4, 0.5) is 0 Å². The van der Waals surface area contributed by atoms with Gasteiger partial charge in [0.25, 0.3) is 0 Å². The van der Waals surface area contributed by atoms with Gasteiger partial charge >= 0.3 is 5.97 Å². The van der Waals surface area contributed by atoms with Gasteiger partial charge in [-0.1, -0.05) is 16.9 Å². The highest BCUT2D eigenvalue weighted by Gasteiger charge is 2.08. The highest BCUT2D eigenvalue weighted by atomic mass is 32.2. The minimum absolute atomic E-state index is 0.00653. The average molecular weight is 239 g/mol. The molecular formula is C9H9N3O3S. The van der Waals surface area contributed by atoms with Crippen LogP contribution >= 0.6 is 11.8 Å². The zero-order valence-electron chi connectivity index (χ0n) is 8.24. The standard InChI is InChI=1S/C9H9N3O3S/c13-8(14)6-16-9-10-3-4-12(9)5-7-1-2-11-15-7/h1-4H,5-6H2,(H,13,14). The number of carboxylic acids is 1. The lowest BCUT2D eigenvalue weighted by Gasteiger charge is -2.03. The molecule has 0 aliphatic carbocycles. The van der Waals surface area contributed by atoms with E-state index in [1.54, 1.807) is 24.7 Å². The van der Waals surface area contributed by atoms with Gasteiger partial charge in [0.15, 0.2) is 10.9 Å². The van der Waals surface area contributed by atoms with E-state index in [9.17, 15) is 4.79 Å². The molecule has 2 rings (SSSR count). The minimum atomic E-state index is -0.862. The summed E-state index contributed by atoms with van der Waals surface area (Å²) in [5.74, 6) is -0.165. The maximum atomic E-state index is 10.4. The summed E-state index contributed by atoms with van der Waals surface area (Å²) in [6, 6.07) is 1.76. The molecule has 6 nitrogen and oxygen atoms in total. The second-order valence-electron chi connectivity index (χ2n) is 3.00. The van der Waals surface area contributed by atoms with E-state index < -0.39 is 5.97 Å². The number of hydrogen-bond donors (Lipinski definition) is 1. The van der Waals surface area contributed by atoms with Crippen molar-refractivity contribution in [2.24, 2.45) is 0 Å². The molecule has 0 saturated carbocycles. The zero-order chi connectivity index (χ0) is 11.4. The van der Waals surface area contributed by atoms with Crippen LogP contribution in [0, 0.1) is 0 Å². The molecular weight excluding hydrogens is 230 g/mol. The van der Waals surface area contributed by atoms with E-state index in [0.29, 0.717) is 17.5 Å². The van der Waals surface area contributed by atoms with Gasteiger partial charge in [0, 0.05) is 18.5 Å². The molecule has 0 aromatic carbocycles. The molecule has 0 aliphatic rings. The number of aromatic nitrogens is 3. The van der Waals surface area contributed by atoms with Crippen LogP contribution < -0.4 is 0 Å². The van der Waals surface area contributed by atoms with Crippen LogP contribution in [0.15, 0.2) is 34.3 Å². The number of imidazole rings is 1. The van der Waals surface area contributed by atoms with E-state index in [2.05, 4.69) is 10.1 Å². The second-order valence-corrected chi connectivity index (χ2v) is 3.94. The number of nitrogens with zero attached hydrogens (tertiary/aromatic N) is 3. The number of thioether (sulfide) groups is 1. The fourth-order valence-corrected chi connectivity index (χ4v) is 1.85. The van der Waals surface area contributed by atoms with E-state index in [1.807, 2.05) is 4.57 Å². The molecule has 2 aromatic heterocycles. The maximum absolute atomic E-state index is 10.4. The Morgan fingerprint density at radius 2 is 2.44 bits per heavy atom. The quantitative estimate of drug-likeness (QED) is 0.787. The molecule has 0 saturated heterocycles. The summed E-state index contributed by atoms with van der Waals surface area (Å²) < 4.78 is 6.78. The summed E-state index contributed by atoms with van der Waals surface area (Å²) in [5, 5.41) is 12.8. The van der Waals surface area contributed by atoms with Crippen molar-refractivity contribution in [3.8, 4) is 0 Å². The molecule has 0 unspecified atom stereocenters. The van der Waals surface area contributed by atoms with Gasteiger partial charge in [-0.15, -0.1) is 0 Å². The highest BCUT2D eigenvalue weighted by Crippen LogP contribution is 2.16. The van der Waals surface area contributed by atoms with Gasteiger partial charge in [-0.05, 0) is 0 Å². The summed E-state index contributed by atoms with van der Waals surface area (Å²) in [6.45, 7) is 0.502. The molecule has 84 valence electrons. The lowest BCUT2D eigenvalue weighted by molar-refractivity contribution is -0.133. The number of carbonyl (C=O) groups is 1. The molecule has 0 amide bonds. The Morgan fingerprint density at radius 3 is 3.12 bits per heavy atom. The van der Waals surface area contributed by atoms with Crippen molar-refractivity contribution in [2.75, 3.05) is 5.75 Å². The summed E-state index contributed by atoms with van der Waals surface area (Å²) in [6.07, 6.45) is 4.96. The van der Waals surface area contributed by atoms with Crippen LogP contribution in [0.25, 0.3) is 0 Å². The van der Waals surface area contributed by atoms with E-state index in [0.717, 1.165) is 0 Å². The first kappa shape index (κ1) is 10.7. The van der Waals surface area contributed by atoms with Crippen LogP contribution in [-0.4, -0.2) is 31.5 Å². The van der Waals surface area contributed by atoms with Crippen molar-refractivity contribution >= 4 is 17.7 Å². The Morgan fingerprint density at radius 1 is 1.56 bits per heavy atom. The zero-order valence-corrected chi connectivity index (χ0v) is 9.05. The molecule has 1 N–H and O–H groups in total. The molecule has 7 heteroatoms. The number of rotatable bonds is 5. The second kappa shape index (κ2) is 4.84. The lowest BCUT2D eigenvalue weighted by atomic mass is 10.4. The third-order valence-corrected chi connectivity index (χ3v) is 2.81. The smallest absolute Gasteiger partial charge is 0.313 e. The van der Waals surface area contributed by atoms with Gasteiger partial charge in [-0.25, -0.2) is 4.98 Å². The van der Waals surface area contributed by atoms with Crippen LogP contribution in [0.3, 0.4) is 0 Å². The average Bonchev–Trinajstić information content (AvgIpc) is 2.87. The van der Waals surface area contributed by atoms with E-state index in [4.69, 9.17) is 9.63 Å². The molecule has 0 aliphatic heterocycles. The fourth-order valence-electron chi connectivity index (χ4n) is 1.17. The Hall–Kier alpha value is -1.76. The van der Waals surface area contributed by atoms with Crippen LogP contribution in [-0.2, 0) is 11.3 Å². The first-order chi connectivity index (χ1) is 7.75. The van der Waals surface area contributed by atoms with Crippen molar-refractivity contribution in [3.63, 3.8) is 0 Å². The monoisotopic (exact) mass is 239 g/mol. The van der Waals surface area contributed by atoms with Crippen molar-refractivity contribution in [1.29, 1.82) is 0 Å². The molecule has 0 fully saturated rings. The van der Waals surface area contributed by atoms with E-state index in [1.165, 1.54) is 11.8 Å². The van der Waals surface area contributed by atoms with E-state index in [-0.39, 0.29) is 5.75 Å². The maximum Gasteiger partial charge on any atom is 0.313 e. The predicted molar refractivity (Wildman–Crippen MR) is 56.2 cm³/mol. The molecule has 0 spiro atoms. The molecule has 2 heterocycles. The SMILES string of the molecule is O=C(O)CSc1nccn1Cc1ccno1. The highest BCUT2D eigenvalue weighted by molar-refractivity contribution is 7.99. The molecule has 2 aromatic rings. The predicted octanol–water partition coefficient (Wildman–Crippen LogP) is 1.10. The molecule has 16 heavy (non-hydrogen) atoms. The van der Waals surface area contributed by atoms with Crippen LogP contribution in [0.2, 0.25) is 0 Å². The van der Waals surface area contributed by atoms with Crippen molar-refractivity contribution in [3.05, 3.63) is 30.4 Å². The summed E-state index contributed by atoms with van der Waals surface area (Å²) >= 11 is 1.17. The van der Waals surface area contributed by atoms with Crippen molar-refractivity contribution < 1.29 is 14.4 Å². The largest absolute Gasteiger partial charge is 0.481 e. The van der Waals surface area contributed by atoms with Gasteiger partial charge < -0.3 is 14.2 Å². The van der Waals surface area contributed by atoms with Crippen LogP contribution in [0.5, 0.6) is 0 Å². The summed E-state index contributed by atoms with van der Waals surface area (Å²) in [4.78, 5) is 14.5. The molecule has 0 atom stereocenters. The van der Waals surface area contributed by atoms with E-state index >= 15 is 0 Å². The molecule has 0 radical (unpaired) electrons. The lowest BCUT2D eigenvalue weighted by Crippen LogP contribution is -2.03. The first-order valence-corrected chi connectivity index (χ1v) is 5.49. The van der Waals surface area contributed by atoms with Crippen molar-refractivity contribution in [1.82, 2.24) is 14.7 Å².